The fraction of sp³-hybridized carbons (Fsp3) is 0.133. The third-order valence-corrected chi connectivity index (χ3v) is 3.36. The van der Waals surface area contributed by atoms with Gasteiger partial charge in [0.2, 0.25) is 0 Å². The van der Waals surface area contributed by atoms with Crippen molar-refractivity contribution in [1.29, 1.82) is 0 Å². The Hall–Kier alpha value is -2.89. The predicted octanol–water partition coefficient (Wildman–Crippen LogP) is 2.07. The molecule has 0 unspecified atom stereocenters. The van der Waals surface area contributed by atoms with Gasteiger partial charge in [0, 0.05) is 17.4 Å². The summed E-state index contributed by atoms with van der Waals surface area (Å²) >= 11 is 0. The monoisotopic (exact) mass is 282 g/mol. The first-order chi connectivity index (χ1) is 10.1. The number of fused-ring (bicyclic) bond motifs is 1. The molecular weight excluding hydrogens is 268 g/mol. The molecule has 0 bridgehead atoms. The number of hydrogen-bond acceptors (Lipinski definition) is 5. The van der Waals surface area contributed by atoms with Crippen LogP contribution in [0, 0.1) is 6.92 Å². The summed E-state index contributed by atoms with van der Waals surface area (Å²) in [6.45, 7) is 1.84. The maximum atomic E-state index is 11.8. The lowest BCUT2D eigenvalue weighted by atomic mass is 10.0. The molecule has 6 heteroatoms. The van der Waals surface area contributed by atoms with Crippen LogP contribution < -0.4 is 5.73 Å². The summed E-state index contributed by atoms with van der Waals surface area (Å²) in [4.78, 5) is 11.8. The number of benzene rings is 1. The van der Waals surface area contributed by atoms with E-state index in [2.05, 4.69) is 10.2 Å². The van der Waals surface area contributed by atoms with Crippen LogP contribution in [0.25, 0.3) is 17.0 Å². The molecule has 0 radical (unpaired) electrons. The molecule has 0 aliphatic heterocycles. The number of pyridine rings is 1. The van der Waals surface area contributed by atoms with Gasteiger partial charge in [-0.25, -0.2) is 4.79 Å². The second-order valence-electron chi connectivity index (χ2n) is 4.70. The van der Waals surface area contributed by atoms with Crippen LogP contribution >= 0.6 is 0 Å². The van der Waals surface area contributed by atoms with Gasteiger partial charge in [-0.15, -0.1) is 10.2 Å². The minimum absolute atomic E-state index is 0.334. The molecule has 6 nitrogen and oxygen atoms in total. The molecule has 3 aromatic rings. The van der Waals surface area contributed by atoms with E-state index in [1.54, 1.807) is 6.07 Å². The number of aryl methyl sites for hydroxylation is 1. The maximum Gasteiger partial charge on any atom is 0.339 e. The van der Waals surface area contributed by atoms with Gasteiger partial charge in [0.1, 0.15) is 0 Å². The first-order valence-corrected chi connectivity index (χ1v) is 6.40. The number of hydrogen-bond donors (Lipinski definition) is 1. The smallest absolute Gasteiger partial charge is 0.339 e. The van der Waals surface area contributed by atoms with Crippen molar-refractivity contribution in [2.24, 2.45) is 0 Å². The summed E-state index contributed by atoms with van der Waals surface area (Å²) in [5, 5.41) is 8.29. The van der Waals surface area contributed by atoms with Crippen LogP contribution in [0.15, 0.2) is 36.5 Å². The van der Waals surface area contributed by atoms with E-state index in [4.69, 9.17) is 10.5 Å². The number of rotatable bonds is 2. The molecule has 0 fully saturated rings. The Labute approximate surface area is 121 Å². The number of methoxy groups -OCH3 is 1. The van der Waals surface area contributed by atoms with Gasteiger partial charge in [-0.1, -0.05) is 6.07 Å². The van der Waals surface area contributed by atoms with Crippen molar-refractivity contribution in [2.75, 3.05) is 12.8 Å². The Kier molecular flexibility index (Phi) is 3.06. The standard InChI is InChI=1S/C15H14N4O2/c1-9-7-10(8-11(13(9)16)15(20)21-2)14-18-17-12-5-3-4-6-19(12)14/h3-8H,16H2,1-2H3. The normalized spacial score (nSPS) is 10.8. The fourth-order valence-corrected chi connectivity index (χ4v) is 2.24. The van der Waals surface area contributed by atoms with Gasteiger partial charge in [-0.3, -0.25) is 4.40 Å². The number of nitrogen functional groups attached to an aromatic ring is 1. The van der Waals surface area contributed by atoms with Gasteiger partial charge < -0.3 is 10.5 Å². The van der Waals surface area contributed by atoms with Crippen molar-refractivity contribution in [3.05, 3.63) is 47.7 Å². The van der Waals surface area contributed by atoms with Gasteiger partial charge in [0.25, 0.3) is 0 Å². The molecule has 1 aromatic carbocycles. The highest BCUT2D eigenvalue weighted by atomic mass is 16.5. The first-order valence-electron chi connectivity index (χ1n) is 6.40. The van der Waals surface area contributed by atoms with Crippen molar-refractivity contribution in [3.8, 4) is 11.4 Å². The number of aromatic nitrogens is 3. The van der Waals surface area contributed by atoms with E-state index in [0.29, 0.717) is 17.1 Å². The maximum absolute atomic E-state index is 11.8. The molecule has 0 aliphatic carbocycles. The summed E-state index contributed by atoms with van der Waals surface area (Å²) in [6.07, 6.45) is 1.87. The number of carbonyl (C=O) groups is 1. The molecule has 0 amide bonds. The second kappa shape index (κ2) is 4.90. The van der Waals surface area contributed by atoms with Gasteiger partial charge in [0.15, 0.2) is 11.5 Å². The zero-order valence-corrected chi connectivity index (χ0v) is 11.7. The van der Waals surface area contributed by atoms with Crippen molar-refractivity contribution < 1.29 is 9.53 Å². The topological polar surface area (TPSA) is 82.5 Å². The van der Waals surface area contributed by atoms with Gasteiger partial charge in [0.05, 0.1) is 12.7 Å². The highest BCUT2D eigenvalue weighted by Gasteiger charge is 2.16. The van der Waals surface area contributed by atoms with Crippen molar-refractivity contribution in [2.45, 2.75) is 6.92 Å². The molecule has 21 heavy (non-hydrogen) atoms. The van der Waals surface area contributed by atoms with E-state index < -0.39 is 5.97 Å². The second-order valence-corrected chi connectivity index (χ2v) is 4.70. The van der Waals surface area contributed by atoms with Crippen LogP contribution in [-0.4, -0.2) is 27.7 Å². The SMILES string of the molecule is COC(=O)c1cc(-c2nnc3ccccn23)cc(C)c1N. The summed E-state index contributed by atoms with van der Waals surface area (Å²) < 4.78 is 6.62. The quantitative estimate of drug-likeness (QED) is 0.574. The highest BCUT2D eigenvalue weighted by molar-refractivity contribution is 5.97. The molecule has 0 aliphatic rings. The van der Waals surface area contributed by atoms with Gasteiger partial charge in [-0.05, 0) is 36.8 Å². The number of carbonyl (C=O) groups excluding carboxylic acids is 1. The zero-order valence-electron chi connectivity index (χ0n) is 11.7. The predicted molar refractivity (Wildman–Crippen MR) is 78.9 cm³/mol. The van der Waals surface area contributed by atoms with Crippen molar-refractivity contribution in [3.63, 3.8) is 0 Å². The summed E-state index contributed by atoms with van der Waals surface area (Å²) in [6, 6.07) is 9.21. The minimum atomic E-state index is -0.466. The molecular formula is C15H14N4O2. The molecule has 106 valence electrons. The van der Waals surface area contributed by atoms with Crippen molar-refractivity contribution in [1.82, 2.24) is 14.6 Å². The number of esters is 1. The van der Waals surface area contributed by atoms with E-state index in [-0.39, 0.29) is 0 Å². The summed E-state index contributed by atoms with van der Waals surface area (Å²) in [5.74, 6) is 0.185. The number of nitrogens with two attached hydrogens (primary N) is 1. The van der Waals surface area contributed by atoms with E-state index in [9.17, 15) is 4.79 Å². The average Bonchev–Trinajstić information content (AvgIpc) is 2.93. The first kappa shape index (κ1) is 13.1. The Morgan fingerprint density at radius 2 is 2.10 bits per heavy atom. The molecule has 0 saturated heterocycles. The van der Waals surface area contributed by atoms with E-state index in [0.717, 1.165) is 16.8 Å². The molecule has 2 N–H and O–H groups in total. The average molecular weight is 282 g/mol. The van der Waals surface area contributed by atoms with Gasteiger partial charge >= 0.3 is 5.97 Å². The highest BCUT2D eigenvalue weighted by Crippen LogP contribution is 2.26. The van der Waals surface area contributed by atoms with Crippen LogP contribution in [0.2, 0.25) is 0 Å². The number of ether oxygens (including phenoxy) is 1. The Morgan fingerprint density at radius 3 is 2.86 bits per heavy atom. The van der Waals surface area contributed by atoms with Crippen LogP contribution in [0.1, 0.15) is 15.9 Å². The van der Waals surface area contributed by atoms with Gasteiger partial charge in [-0.2, -0.15) is 0 Å². The zero-order chi connectivity index (χ0) is 15.0. The third kappa shape index (κ3) is 2.10. The lowest BCUT2D eigenvalue weighted by molar-refractivity contribution is 0.0602. The molecule has 0 atom stereocenters. The number of anilines is 1. The Bertz CT molecular complexity index is 839. The Balaban J connectivity index is 2.23. The largest absolute Gasteiger partial charge is 0.465 e. The van der Waals surface area contributed by atoms with Crippen molar-refractivity contribution >= 4 is 17.3 Å². The molecule has 3 rings (SSSR count). The molecule has 0 saturated carbocycles. The van der Waals surface area contributed by atoms with Crippen LogP contribution in [-0.2, 0) is 4.74 Å². The summed E-state index contributed by atoms with van der Waals surface area (Å²) in [7, 11) is 1.33. The lowest BCUT2D eigenvalue weighted by Crippen LogP contribution is -2.07. The molecule has 2 aromatic heterocycles. The van der Waals surface area contributed by atoms with E-state index in [1.165, 1.54) is 7.11 Å². The van der Waals surface area contributed by atoms with Crippen LogP contribution in [0.4, 0.5) is 5.69 Å². The Morgan fingerprint density at radius 1 is 1.29 bits per heavy atom. The summed E-state index contributed by atoms with van der Waals surface area (Å²) in [5.41, 5.74) is 8.99. The third-order valence-electron chi connectivity index (χ3n) is 3.36. The minimum Gasteiger partial charge on any atom is -0.465 e. The number of nitrogens with zero attached hydrogens (tertiary/aromatic N) is 3. The molecule has 2 heterocycles. The van der Waals surface area contributed by atoms with Crippen LogP contribution in [0.3, 0.4) is 0 Å². The fourth-order valence-electron chi connectivity index (χ4n) is 2.24. The van der Waals surface area contributed by atoms with E-state index >= 15 is 0 Å². The lowest BCUT2D eigenvalue weighted by Gasteiger charge is -2.09. The molecule has 0 spiro atoms. The van der Waals surface area contributed by atoms with E-state index in [1.807, 2.05) is 41.8 Å². The van der Waals surface area contributed by atoms with Crippen LogP contribution in [0.5, 0.6) is 0 Å².